The molecule has 5 N–H and O–H groups in total. The van der Waals surface area contributed by atoms with Crippen LogP contribution in [0.4, 0.5) is 22.7 Å². The number of pyridine rings is 1. The molecule has 0 spiro atoms. The summed E-state index contributed by atoms with van der Waals surface area (Å²) in [6.45, 7) is 5.55. The second-order valence-electron chi connectivity index (χ2n) is 10.6. The van der Waals surface area contributed by atoms with Crippen LogP contribution in [0, 0.1) is 0 Å². The molecule has 1 saturated heterocycles. The molecule has 0 bridgehead atoms. The molecule has 2 fully saturated rings. The van der Waals surface area contributed by atoms with Gasteiger partial charge in [0.05, 0.1) is 11.8 Å². The van der Waals surface area contributed by atoms with Gasteiger partial charge in [0.2, 0.25) is 5.95 Å². The lowest BCUT2D eigenvalue weighted by Gasteiger charge is -2.35. The smallest absolute Gasteiger partial charge is 0.225 e. The molecule has 210 valence electrons. The van der Waals surface area contributed by atoms with E-state index in [0.29, 0.717) is 24.7 Å². The Morgan fingerprint density at radius 1 is 0.925 bits per heavy atom. The van der Waals surface area contributed by atoms with Crippen molar-refractivity contribution >= 4 is 44.4 Å². The lowest BCUT2D eigenvalue weighted by Crippen LogP contribution is -2.48. The number of anilines is 4. The molecular formula is C29H37N9OS. The number of aromatic nitrogens is 4. The largest absolute Gasteiger partial charge is 0.393 e. The number of aliphatic hydroxyl groups is 1. The molecule has 1 aliphatic heterocycles. The second kappa shape index (κ2) is 12.4. The van der Waals surface area contributed by atoms with Crippen molar-refractivity contribution < 1.29 is 5.11 Å². The van der Waals surface area contributed by atoms with Crippen LogP contribution in [0.3, 0.4) is 0 Å². The van der Waals surface area contributed by atoms with Crippen molar-refractivity contribution in [1.82, 2.24) is 24.8 Å². The van der Waals surface area contributed by atoms with Crippen LogP contribution in [-0.4, -0.2) is 81.4 Å². The van der Waals surface area contributed by atoms with Crippen molar-refractivity contribution in [3.05, 3.63) is 59.8 Å². The molecule has 0 atom stereocenters. The fourth-order valence-corrected chi connectivity index (χ4v) is 6.29. The van der Waals surface area contributed by atoms with Crippen molar-refractivity contribution in [2.75, 3.05) is 54.8 Å². The van der Waals surface area contributed by atoms with E-state index in [9.17, 15) is 5.11 Å². The van der Waals surface area contributed by atoms with Crippen LogP contribution in [0.15, 0.2) is 48.5 Å². The number of nitrogens with one attached hydrogen (secondary N) is 2. The SMILES string of the molecule is NCCN1CCN(c2ccc3nc(Nc4cc(Cc5ccccc5)nc(N[C@H]5CC[C@H](O)CC5)n4)sc3n2)CC1. The van der Waals surface area contributed by atoms with Crippen LogP contribution in [0.2, 0.25) is 0 Å². The second-order valence-corrected chi connectivity index (χ2v) is 11.6. The maximum atomic E-state index is 9.90. The van der Waals surface area contributed by atoms with Gasteiger partial charge in [-0.05, 0) is 43.4 Å². The van der Waals surface area contributed by atoms with E-state index in [2.05, 4.69) is 44.7 Å². The number of aliphatic hydroxyl groups excluding tert-OH is 1. The first-order chi connectivity index (χ1) is 19.6. The van der Waals surface area contributed by atoms with E-state index in [4.69, 9.17) is 25.7 Å². The summed E-state index contributed by atoms with van der Waals surface area (Å²) in [7, 11) is 0. The fraction of sp³-hybridized carbons (Fsp3) is 0.448. The highest BCUT2D eigenvalue weighted by atomic mass is 32.1. The molecule has 1 saturated carbocycles. The predicted octanol–water partition coefficient (Wildman–Crippen LogP) is 3.61. The minimum Gasteiger partial charge on any atom is -0.393 e. The number of hydrogen-bond donors (Lipinski definition) is 4. The van der Waals surface area contributed by atoms with E-state index in [1.54, 1.807) is 0 Å². The van der Waals surface area contributed by atoms with Crippen molar-refractivity contribution in [1.29, 1.82) is 0 Å². The van der Waals surface area contributed by atoms with Gasteiger partial charge >= 0.3 is 0 Å². The number of hydrogen-bond acceptors (Lipinski definition) is 11. The van der Waals surface area contributed by atoms with Crippen molar-refractivity contribution in [3.63, 3.8) is 0 Å². The van der Waals surface area contributed by atoms with Gasteiger partial charge in [0, 0.05) is 57.8 Å². The van der Waals surface area contributed by atoms with Gasteiger partial charge in [0.25, 0.3) is 0 Å². The zero-order valence-corrected chi connectivity index (χ0v) is 23.5. The number of piperazine rings is 1. The van der Waals surface area contributed by atoms with Gasteiger partial charge < -0.3 is 26.4 Å². The summed E-state index contributed by atoms with van der Waals surface area (Å²) in [5.74, 6) is 2.30. The summed E-state index contributed by atoms with van der Waals surface area (Å²) in [6.07, 6.45) is 3.93. The van der Waals surface area contributed by atoms with Crippen molar-refractivity contribution in [2.45, 2.75) is 44.2 Å². The van der Waals surface area contributed by atoms with Gasteiger partial charge in [-0.3, -0.25) is 4.90 Å². The first-order valence-corrected chi connectivity index (χ1v) is 15.0. The van der Waals surface area contributed by atoms with Gasteiger partial charge in [0.1, 0.15) is 22.0 Å². The highest BCUT2D eigenvalue weighted by Crippen LogP contribution is 2.30. The fourth-order valence-electron chi connectivity index (χ4n) is 5.45. The summed E-state index contributed by atoms with van der Waals surface area (Å²) in [6, 6.07) is 16.7. The van der Waals surface area contributed by atoms with E-state index >= 15 is 0 Å². The molecule has 1 aromatic carbocycles. The Balaban J connectivity index is 1.20. The average molecular weight is 560 g/mol. The minimum atomic E-state index is -0.200. The molecule has 4 aromatic rings. The first-order valence-electron chi connectivity index (χ1n) is 14.2. The van der Waals surface area contributed by atoms with Crippen LogP contribution in [0.5, 0.6) is 0 Å². The molecule has 1 aliphatic carbocycles. The van der Waals surface area contributed by atoms with E-state index in [-0.39, 0.29) is 12.1 Å². The molecule has 0 amide bonds. The molecule has 0 unspecified atom stereocenters. The topological polar surface area (TPSA) is 128 Å². The van der Waals surface area contributed by atoms with Crippen molar-refractivity contribution in [2.24, 2.45) is 5.73 Å². The standard InChI is InChI=1S/C29H37N9OS/c30-12-13-37-14-16-38(17-15-37)26-11-10-24-27(36-26)40-29(33-24)35-25-19-22(18-20-4-2-1-3-5-20)32-28(34-25)31-21-6-8-23(39)9-7-21/h1-5,10-11,19,21,23,39H,6-9,12-18,30H2,(H2,31,32,33,34,35)/t21-,23-. The Labute approximate surface area is 238 Å². The van der Waals surface area contributed by atoms with Crippen LogP contribution in [0.25, 0.3) is 10.3 Å². The predicted molar refractivity (Wildman–Crippen MR) is 162 cm³/mol. The lowest BCUT2D eigenvalue weighted by molar-refractivity contribution is 0.126. The number of fused-ring (bicyclic) bond motifs is 1. The van der Waals surface area contributed by atoms with Crippen LogP contribution in [-0.2, 0) is 6.42 Å². The zero-order chi connectivity index (χ0) is 27.3. The third kappa shape index (κ3) is 6.67. The molecular weight excluding hydrogens is 522 g/mol. The molecule has 0 radical (unpaired) electrons. The number of nitrogens with zero attached hydrogens (tertiary/aromatic N) is 6. The number of rotatable bonds is 9. The van der Waals surface area contributed by atoms with Crippen LogP contribution >= 0.6 is 11.3 Å². The van der Waals surface area contributed by atoms with Gasteiger partial charge in [-0.1, -0.05) is 41.7 Å². The summed E-state index contributed by atoms with van der Waals surface area (Å²) < 4.78 is 0. The highest BCUT2D eigenvalue weighted by molar-refractivity contribution is 7.21. The molecule has 40 heavy (non-hydrogen) atoms. The van der Waals surface area contributed by atoms with E-state index < -0.39 is 0 Å². The maximum absolute atomic E-state index is 9.90. The van der Waals surface area contributed by atoms with Crippen molar-refractivity contribution in [3.8, 4) is 0 Å². The number of nitrogens with two attached hydrogens (primary N) is 1. The van der Waals surface area contributed by atoms with E-state index in [0.717, 1.165) is 85.4 Å². The van der Waals surface area contributed by atoms with E-state index in [1.807, 2.05) is 24.3 Å². The summed E-state index contributed by atoms with van der Waals surface area (Å²) in [5.41, 5.74) is 8.72. The van der Waals surface area contributed by atoms with Gasteiger partial charge in [-0.15, -0.1) is 0 Å². The van der Waals surface area contributed by atoms with E-state index in [1.165, 1.54) is 16.9 Å². The van der Waals surface area contributed by atoms with Crippen LogP contribution < -0.4 is 21.3 Å². The lowest BCUT2D eigenvalue weighted by atomic mass is 9.93. The Morgan fingerprint density at radius 3 is 2.50 bits per heavy atom. The summed E-state index contributed by atoms with van der Waals surface area (Å²) in [4.78, 5) is 25.0. The summed E-state index contributed by atoms with van der Waals surface area (Å²) >= 11 is 1.53. The van der Waals surface area contributed by atoms with Gasteiger partial charge in [-0.2, -0.15) is 4.98 Å². The normalized spacial score (nSPS) is 20.1. The molecule has 11 heteroatoms. The van der Waals surface area contributed by atoms with Crippen LogP contribution in [0.1, 0.15) is 36.9 Å². The Morgan fingerprint density at radius 2 is 1.73 bits per heavy atom. The van der Waals surface area contributed by atoms with Gasteiger partial charge in [0.15, 0.2) is 5.13 Å². The number of benzene rings is 1. The quantitative estimate of drug-likeness (QED) is 0.241. The number of thiazole rings is 1. The Bertz CT molecular complexity index is 1400. The Kier molecular flexibility index (Phi) is 8.33. The average Bonchev–Trinajstić information content (AvgIpc) is 3.37. The molecule has 6 rings (SSSR count). The molecule has 3 aromatic heterocycles. The maximum Gasteiger partial charge on any atom is 0.225 e. The van der Waals surface area contributed by atoms with Gasteiger partial charge in [-0.25, -0.2) is 15.0 Å². The first kappa shape index (κ1) is 26.8. The zero-order valence-electron chi connectivity index (χ0n) is 22.7. The third-order valence-electron chi connectivity index (χ3n) is 7.65. The highest BCUT2D eigenvalue weighted by Gasteiger charge is 2.21. The Hall–Kier alpha value is -3.38. The molecule has 2 aliphatic rings. The minimum absolute atomic E-state index is 0.200. The third-order valence-corrected chi connectivity index (χ3v) is 8.54. The molecule has 10 nitrogen and oxygen atoms in total. The summed E-state index contributed by atoms with van der Waals surface area (Å²) in [5, 5.41) is 17.6. The molecule has 4 heterocycles. The monoisotopic (exact) mass is 559 g/mol.